The summed E-state index contributed by atoms with van der Waals surface area (Å²) in [5, 5.41) is 2.62. The van der Waals surface area contributed by atoms with Crippen LogP contribution in [0.2, 0.25) is 0 Å². The number of rotatable bonds is 8. The van der Waals surface area contributed by atoms with Gasteiger partial charge in [0.2, 0.25) is 0 Å². The summed E-state index contributed by atoms with van der Waals surface area (Å²) in [4.78, 5) is 12.5. The molecule has 1 N–H and O–H groups in total. The predicted molar refractivity (Wildman–Crippen MR) is 121 cm³/mol. The van der Waals surface area contributed by atoms with Gasteiger partial charge < -0.3 is 19.5 Å². The van der Waals surface area contributed by atoms with Crippen LogP contribution in [0.3, 0.4) is 0 Å². The van der Waals surface area contributed by atoms with E-state index in [0.29, 0.717) is 40.4 Å². The number of hydrogen-bond acceptors (Lipinski definition) is 6. The number of ether oxygens (including phenoxy) is 3. The van der Waals surface area contributed by atoms with Crippen LogP contribution >= 0.6 is 24.0 Å². The Morgan fingerprint density at radius 1 is 1.07 bits per heavy atom. The summed E-state index contributed by atoms with van der Waals surface area (Å²) in [6, 6.07) is 11.6. The second-order valence-electron chi connectivity index (χ2n) is 6.48. The molecule has 152 valence electrons. The Kier molecular flexibility index (Phi) is 7.17. The van der Waals surface area contributed by atoms with Crippen LogP contribution in [0.15, 0.2) is 41.3 Å². The van der Waals surface area contributed by atoms with E-state index in [1.165, 1.54) is 17.3 Å². The molecular formula is C22H23NO4S2. The molecule has 0 atom stereocenters. The Balaban J connectivity index is 1.64. The summed E-state index contributed by atoms with van der Waals surface area (Å²) in [6.45, 7) is 5.12. The van der Waals surface area contributed by atoms with Gasteiger partial charge in [0.1, 0.15) is 10.1 Å². The SMILES string of the molecule is COc1cccc(/C=C2/SC(=S)NC2=O)c1OCCCOc1cccc(C)c1C. The van der Waals surface area contributed by atoms with Gasteiger partial charge in [-0.1, -0.05) is 48.2 Å². The highest BCUT2D eigenvalue weighted by atomic mass is 32.2. The average molecular weight is 430 g/mol. The van der Waals surface area contributed by atoms with Gasteiger partial charge in [-0.2, -0.15) is 0 Å². The van der Waals surface area contributed by atoms with Crippen molar-refractivity contribution in [3.05, 3.63) is 58.0 Å². The van der Waals surface area contributed by atoms with Crippen LogP contribution in [0.1, 0.15) is 23.1 Å². The number of nitrogens with one attached hydrogen (secondary N) is 1. The molecule has 0 bridgehead atoms. The first-order valence-corrected chi connectivity index (χ1v) is 10.5. The number of benzene rings is 2. The molecule has 29 heavy (non-hydrogen) atoms. The first-order valence-electron chi connectivity index (χ1n) is 9.23. The van der Waals surface area contributed by atoms with Gasteiger partial charge in [0.25, 0.3) is 5.91 Å². The summed E-state index contributed by atoms with van der Waals surface area (Å²) >= 11 is 6.29. The Morgan fingerprint density at radius 2 is 1.79 bits per heavy atom. The summed E-state index contributed by atoms with van der Waals surface area (Å²) < 4.78 is 17.8. The maximum atomic E-state index is 12.0. The second kappa shape index (κ2) is 9.80. The molecule has 1 fully saturated rings. The van der Waals surface area contributed by atoms with E-state index >= 15 is 0 Å². The highest BCUT2D eigenvalue weighted by molar-refractivity contribution is 8.26. The minimum Gasteiger partial charge on any atom is -0.493 e. The summed E-state index contributed by atoms with van der Waals surface area (Å²) in [7, 11) is 1.59. The van der Waals surface area contributed by atoms with E-state index in [1.807, 2.05) is 30.3 Å². The van der Waals surface area contributed by atoms with Crippen molar-refractivity contribution in [2.24, 2.45) is 0 Å². The zero-order valence-corrected chi connectivity index (χ0v) is 18.2. The average Bonchev–Trinajstić information content (AvgIpc) is 3.02. The first kappa shape index (κ1) is 21.2. The summed E-state index contributed by atoms with van der Waals surface area (Å²) in [5.41, 5.74) is 3.12. The molecule has 3 rings (SSSR count). The van der Waals surface area contributed by atoms with Crippen LogP contribution in [0.25, 0.3) is 6.08 Å². The number of hydrogen-bond donors (Lipinski definition) is 1. The maximum absolute atomic E-state index is 12.0. The number of thiocarbonyl (C=S) groups is 1. The fourth-order valence-corrected chi connectivity index (χ4v) is 3.85. The number of aryl methyl sites for hydroxylation is 1. The zero-order chi connectivity index (χ0) is 20.8. The van der Waals surface area contributed by atoms with Crippen LogP contribution in [0, 0.1) is 13.8 Å². The van der Waals surface area contributed by atoms with E-state index in [0.717, 1.165) is 16.9 Å². The Bertz CT molecular complexity index is 956. The Labute approximate surface area is 180 Å². The van der Waals surface area contributed by atoms with Crippen molar-refractivity contribution in [2.75, 3.05) is 20.3 Å². The molecule has 0 spiro atoms. The number of carbonyl (C=O) groups is 1. The van der Waals surface area contributed by atoms with Gasteiger partial charge in [-0.3, -0.25) is 4.79 Å². The van der Waals surface area contributed by atoms with Gasteiger partial charge in [-0.15, -0.1) is 0 Å². The molecule has 1 heterocycles. The fraction of sp³-hybridized carbons (Fsp3) is 0.273. The summed E-state index contributed by atoms with van der Waals surface area (Å²) in [6.07, 6.45) is 2.48. The Hall–Kier alpha value is -2.51. The van der Waals surface area contributed by atoms with Crippen molar-refractivity contribution in [1.29, 1.82) is 0 Å². The number of amides is 1. The topological polar surface area (TPSA) is 56.8 Å². The van der Waals surface area contributed by atoms with E-state index in [9.17, 15) is 4.79 Å². The van der Waals surface area contributed by atoms with Crippen LogP contribution in [0.5, 0.6) is 17.2 Å². The van der Waals surface area contributed by atoms with Crippen LogP contribution in [-0.4, -0.2) is 30.6 Å². The quantitative estimate of drug-likeness (QED) is 0.375. The molecule has 1 aliphatic heterocycles. The maximum Gasteiger partial charge on any atom is 0.263 e. The molecular weight excluding hydrogens is 406 g/mol. The van der Waals surface area contributed by atoms with Crippen molar-refractivity contribution >= 4 is 40.3 Å². The lowest BCUT2D eigenvalue weighted by atomic mass is 10.1. The molecule has 7 heteroatoms. The molecule has 2 aromatic rings. The molecule has 2 aromatic carbocycles. The third-order valence-corrected chi connectivity index (χ3v) is 5.67. The third-order valence-electron chi connectivity index (χ3n) is 4.51. The van der Waals surface area contributed by atoms with Crippen molar-refractivity contribution in [3.63, 3.8) is 0 Å². The third kappa shape index (κ3) is 5.31. The van der Waals surface area contributed by atoms with E-state index in [1.54, 1.807) is 13.2 Å². The minimum atomic E-state index is -0.198. The second-order valence-corrected chi connectivity index (χ2v) is 8.20. The number of thioether (sulfide) groups is 1. The van der Waals surface area contributed by atoms with Gasteiger partial charge in [-0.05, 0) is 43.2 Å². The number of carbonyl (C=O) groups excluding carboxylic acids is 1. The van der Waals surface area contributed by atoms with Crippen molar-refractivity contribution in [3.8, 4) is 17.2 Å². The highest BCUT2D eigenvalue weighted by Gasteiger charge is 2.23. The van der Waals surface area contributed by atoms with Gasteiger partial charge in [-0.25, -0.2) is 0 Å². The zero-order valence-electron chi connectivity index (χ0n) is 16.6. The smallest absolute Gasteiger partial charge is 0.263 e. The molecule has 0 aromatic heterocycles. The van der Waals surface area contributed by atoms with E-state index in [-0.39, 0.29) is 5.91 Å². The molecule has 1 amide bonds. The first-order chi connectivity index (χ1) is 14.0. The largest absolute Gasteiger partial charge is 0.493 e. The van der Waals surface area contributed by atoms with Crippen LogP contribution in [-0.2, 0) is 4.79 Å². The van der Waals surface area contributed by atoms with Crippen LogP contribution < -0.4 is 19.5 Å². The summed E-state index contributed by atoms with van der Waals surface area (Å²) in [5.74, 6) is 1.91. The molecule has 1 saturated heterocycles. The molecule has 0 radical (unpaired) electrons. The molecule has 0 saturated carbocycles. The van der Waals surface area contributed by atoms with E-state index < -0.39 is 0 Å². The fourth-order valence-electron chi connectivity index (χ4n) is 2.82. The number of methoxy groups -OCH3 is 1. The lowest BCUT2D eigenvalue weighted by Gasteiger charge is -2.14. The van der Waals surface area contributed by atoms with E-state index in [2.05, 4.69) is 25.2 Å². The van der Waals surface area contributed by atoms with Gasteiger partial charge >= 0.3 is 0 Å². The van der Waals surface area contributed by atoms with Gasteiger partial charge in [0.15, 0.2) is 11.5 Å². The van der Waals surface area contributed by atoms with Gasteiger partial charge in [0.05, 0.1) is 25.2 Å². The lowest BCUT2D eigenvalue weighted by molar-refractivity contribution is -0.115. The highest BCUT2D eigenvalue weighted by Crippen LogP contribution is 2.35. The van der Waals surface area contributed by atoms with E-state index in [4.69, 9.17) is 26.4 Å². The normalized spacial score (nSPS) is 14.8. The van der Waals surface area contributed by atoms with Gasteiger partial charge in [0, 0.05) is 12.0 Å². The minimum absolute atomic E-state index is 0.198. The van der Waals surface area contributed by atoms with Crippen LogP contribution in [0.4, 0.5) is 0 Å². The standard InChI is InChI=1S/C22H23NO4S2/c1-14-7-4-9-17(15(14)2)26-11-6-12-27-20-16(8-5-10-18(20)25-3)13-19-21(24)23-22(28)29-19/h4-5,7-10,13H,6,11-12H2,1-3H3,(H,23,24,28)/b19-13+. The van der Waals surface area contributed by atoms with Crippen molar-refractivity contribution < 1.29 is 19.0 Å². The molecule has 0 unspecified atom stereocenters. The van der Waals surface area contributed by atoms with Crippen molar-refractivity contribution in [1.82, 2.24) is 5.32 Å². The Morgan fingerprint density at radius 3 is 2.52 bits per heavy atom. The van der Waals surface area contributed by atoms with Crippen molar-refractivity contribution in [2.45, 2.75) is 20.3 Å². The molecule has 5 nitrogen and oxygen atoms in total. The molecule has 1 aliphatic rings. The predicted octanol–water partition coefficient (Wildman–Crippen LogP) is 4.65. The number of para-hydroxylation sites is 1. The lowest BCUT2D eigenvalue weighted by Crippen LogP contribution is -2.17. The molecule has 0 aliphatic carbocycles. The monoisotopic (exact) mass is 429 g/mol.